The molecule has 0 aromatic heterocycles. The summed E-state index contributed by atoms with van der Waals surface area (Å²) < 4.78 is 28.7. The van der Waals surface area contributed by atoms with Crippen molar-refractivity contribution in [3.63, 3.8) is 0 Å². The quantitative estimate of drug-likeness (QED) is 0.719. The van der Waals surface area contributed by atoms with Crippen molar-refractivity contribution in [3.8, 4) is 5.75 Å². The van der Waals surface area contributed by atoms with E-state index in [0.29, 0.717) is 22.4 Å². The zero-order valence-electron chi connectivity index (χ0n) is 12.0. The van der Waals surface area contributed by atoms with E-state index in [1.807, 2.05) is 30.3 Å². The van der Waals surface area contributed by atoms with Crippen molar-refractivity contribution in [2.45, 2.75) is 6.61 Å². The number of benzene rings is 2. The Morgan fingerprint density at radius 1 is 1.14 bits per heavy atom. The van der Waals surface area contributed by atoms with Crippen molar-refractivity contribution in [2.24, 2.45) is 0 Å². The highest BCUT2D eigenvalue weighted by Crippen LogP contribution is 2.24. The van der Waals surface area contributed by atoms with E-state index in [0.717, 1.165) is 11.8 Å². The third-order valence-corrected chi connectivity index (χ3v) is 4.36. The molecule has 0 heterocycles. The lowest BCUT2D eigenvalue weighted by atomic mass is 10.1. The SMILES string of the molecule is CS(=O)(=O)CC(=O)c1cc(OCc2ccccc2)ccc1Br. The third kappa shape index (κ3) is 4.96. The van der Waals surface area contributed by atoms with Crippen LogP contribution in [0.3, 0.4) is 0 Å². The molecule has 116 valence electrons. The molecule has 0 saturated heterocycles. The van der Waals surface area contributed by atoms with Crippen molar-refractivity contribution in [2.75, 3.05) is 12.0 Å². The summed E-state index contributed by atoms with van der Waals surface area (Å²) in [6.45, 7) is 0.377. The van der Waals surface area contributed by atoms with Crippen LogP contribution < -0.4 is 4.74 Å². The first kappa shape index (κ1) is 16.7. The van der Waals surface area contributed by atoms with E-state index in [9.17, 15) is 13.2 Å². The Morgan fingerprint density at radius 3 is 2.45 bits per heavy atom. The van der Waals surface area contributed by atoms with E-state index < -0.39 is 21.4 Å². The van der Waals surface area contributed by atoms with Gasteiger partial charge in [0.2, 0.25) is 0 Å². The minimum Gasteiger partial charge on any atom is -0.489 e. The molecule has 22 heavy (non-hydrogen) atoms. The van der Waals surface area contributed by atoms with Gasteiger partial charge in [-0.25, -0.2) is 8.42 Å². The smallest absolute Gasteiger partial charge is 0.179 e. The Morgan fingerprint density at radius 2 is 1.82 bits per heavy atom. The molecule has 0 N–H and O–H groups in total. The van der Waals surface area contributed by atoms with Crippen LogP contribution >= 0.6 is 15.9 Å². The molecule has 0 amide bonds. The summed E-state index contributed by atoms with van der Waals surface area (Å²) in [6.07, 6.45) is 1.04. The Bertz CT molecular complexity index is 770. The fourth-order valence-corrected chi connectivity index (χ4v) is 2.96. The van der Waals surface area contributed by atoms with Gasteiger partial charge in [0.25, 0.3) is 0 Å². The molecule has 0 atom stereocenters. The normalized spacial score (nSPS) is 11.2. The van der Waals surface area contributed by atoms with Gasteiger partial charge in [0, 0.05) is 16.3 Å². The van der Waals surface area contributed by atoms with Gasteiger partial charge in [0.05, 0.1) is 0 Å². The summed E-state index contributed by atoms with van der Waals surface area (Å²) >= 11 is 3.26. The van der Waals surface area contributed by atoms with Gasteiger partial charge < -0.3 is 4.74 Å². The summed E-state index contributed by atoms with van der Waals surface area (Å²) in [4.78, 5) is 12.0. The van der Waals surface area contributed by atoms with Gasteiger partial charge >= 0.3 is 0 Å². The van der Waals surface area contributed by atoms with Crippen LogP contribution in [0.2, 0.25) is 0 Å². The van der Waals surface area contributed by atoms with Crippen molar-refractivity contribution in [1.29, 1.82) is 0 Å². The number of sulfone groups is 1. The molecule has 0 radical (unpaired) electrons. The molecular formula is C16H15BrO4S. The Kier molecular flexibility index (Phi) is 5.37. The minimum absolute atomic E-state index is 0.302. The molecule has 0 fully saturated rings. The van der Waals surface area contributed by atoms with Gasteiger partial charge in [0.15, 0.2) is 15.6 Å². The first-order chi connectivity index (χ1) is 10.3. The average Bonchev–Trinajstić information content (AvgIpc) is 2.45. The van der Waals surface area contributed by atoms with E-state index in [1.165, 1.54) is 0 Å². The highest BCUT2D eigenvalue weighted by molar-refractivity contribution is 9.10. The molecule has 0 spiro atoms. The molecule has 0 aliphatic heterocycles. The highest BCUT2D eigenvalue weighted by atomic mass is 79.9. The first-order valence-electron chi connectivity index (χ1n) is 6.52. The zero-order chi connectivity index (χ0) is 16.2. The summed E-state index contributed by atoms with van der Waals surface area (Å²) in [5.74, 6) is -0.461. The molecule has 0 aliphatic rings. The van der Waals surface area contributed by atoms with Gasteiger partial charge in [-0.3, -0.25) is 4.79 Å². The largest absolute Gasteiger partial charge is 0.489 e. The Hall–Kier alpha value is -1.66. The maximum atomic E-state index is 12.0. The molecule has 0 aliphatic carbocycles. The molecule has 2 rings (SSSR count). The minimum atomic E-state index is -3.37. The number of ketones is 1. The van der Waals surface area contributed by atoms with Crippen LogP contribution in [0.25, 0.3) is 0 Å². The van der Waals surface area contributed by atoms with Crippen LogP contribution in [-0.4, -0.2) is 26.2 Å². The zero-order valence-corrected chi connectivity index (χ0v) is 14.4. The molecule has 4 nitrogen and oxygen atoms in total. The molecule has 0 bridgehead atoms. The molecule has 6 heteroatoms. The Labute approximate surface area is 138 Å². The van der Waals surface area contributed by atoms with Gasteiger partial charge in [-0.1, -0.05) is 46.3 Å². The van der Waals surface area contributed by atoms with Gasteiger partial charge in [-0.2, -0.15) is 0 Å². The summed E-state index contributed by atoms with van der Waals surface area (Å²) in [5.41, 5.74) is 1.31. The first-order valence-corrected chi connectivity index (χ1v) is 9.38. The summed E-state index contributed by atoms with van der Waals surface area (Å²) in [7, 11) is -3.37. The maximum Gasteiger partial charge on any atom is 0.179 e. The van der Waals surface area contributed by atoms with E-state index in [4.69, 9.17) is 4.74 Å². The second-order valence-corrected chi connectivity index (χ2v) is 7.90. The molecule has 0 unspecified atom stereocenters. The van der Waals surface area contributed by atoms with Gasteiger partial charge in [0.1, 0.15) is 18.1 Å². The number of rotatable bonds is 6. The van der Waals surface area contributed by atoms with Crippen LogP contribution in [0, 0.1) is 0 Å². The highest BCUT2D eigenvalue weighted by Gasteiger charge is 2.16. The molecule has 2 aromatic rings. The van der Waals surface area contributed by atoms with Crippen LogP contribution in [0.5, 0.6) is 5.75 Å². The van der Waals surface area contributed by atoms with Gasteiger partial charge in [-0.15, -0.1) is 0 Å². The van der Waals surface area contributed by atoms with E-state index >= 15 is 0 Å². The fraction of sp³-hybridized carbons (Fsp3) is 0.188. The molecular weight excluding hydrogens is 368 g/mol. The van der Waals surface area contributed by atoms with Crippen molar-refractivity contribution in [3.05, 3.63) is 64.1 Å². The van der Waals surface area contributed by atoms with Crippen LogP contribution in [-0.2, 0) is 16.4 Å². The monoisotopic (exact) mass is 382 g/mol. The number of ether oxygens (including phenoxy) is 1. The predicted molar refractivity (Wildman–Crippen MR) is 89.0 cm³/mol. The number of hydrogen-bond acceptors (Lipinski definition) is 4. The second-order valence-electron chi connectivity index (χ2n) is 4.91. The number of Topliss-reactive ketones (excluding diaryl/α,β-unsaturated/α-hetero) is 1. The van der Waals surface area contributed by atoms with Crippen LogP contribution in [0.15, 0.2) is 53.0 Å². The topological polar surface area (TPSA) is 60.4 Å². The number of carbonyl (C=O) groups is 1. The third-order valence-electron chi connectivity index (χ3n) is 2.88. The summed E-state index contributed by atoms with van der Waals surface area (Å²) in [6, 6.07) is 14.6. The van der Waals surface area contributed by atoms with E-state index in [1.54, 1.807) is 18.2 Å². The van der Waals surface area contributed by atoms with Gasteiger partial charge in [-0.05, 0) is 23.8 Å². The Balaban J connectivity index is 2.14. The fourth-order valence-electron chi connectivity index (χ4n) is 1.86. The lowest BCUT2D eigenvalue weighted by molar-refractivity contribution is 0.102. The van der Waals surface area contributed by atoms with E-state index in [-0.39, 0.29) is 0 Å². The summed E-state index contributed by atoms with van der Waals surface area (Å²) in [5, 5.41) is 0. The molecule has 0 saturated carbocycles. The number of hydrogen-bond donors (Lipinski definition) is 0. The lowest BCUT2D eigenvalue weighted by Gasteiger charge is -2.09. The van der Waals surface area contributed by atoms with Crippen molar-refractivity contribution < 1.29 is 17.9 Å². The van der Waals surface area contributed by atoms with Crippen LogP contribution in [0.4, 0.5) is 0 Å². The van der Waals surface area contributed by atoms with Crippen LogP contribution in [0.1, 0.15) is 15.9 Å². The maximum absolute atomic E-state index is 12.0. The average molecular weight is 383 g/mol. The van der Waals surface area contributed by atoms with E-state index in [2.05, 4.69) is 15.9 Å². The number of halogens is 1. The molecule has 2 aromatic carbocycles. The standard InChI is InChI=1S/C16H15BrO4S/c1-22(19,20)11-16(18)14-9-13(7-8-15(14)17)21-10-12-5-3-2-4-6-12/h2-9H,10-11H2,1H3. The van der Waals surface area contributed by atoms with Crippen molar-refractivity contribution in [1.82, 2.24) is 0 Å². The second kappa shape index (κ2) is 7.07. The number of carbonyl (C=O) groups excluding carboxylic acids is 1. The lowest BCUT2D eigenvalue weighted by Crippen LogP contribution is -2.15. The predicted octanol–water partition coefficient (Wildman–Crippen LogP) is 3.26. The van der Waals surface area contributed by atoms with Crippen molar-refractivity contribution >= 4 is 31.6 Å².